The summed E-state index contributed by atoms with van der Waals surface area (Å²) in [6, 6.07) is 12.6. The lowest BCUT2D eigenvalue weighted by Gasteiger charge is -2.08. The summed E-state index contributed by atoms with van der Waals surface area (Å²) in [5.74, 6) is 0.611. The monoisotopic (exact) mass is 323 g/mol. The van der Waals surface area contributed by atoms with Gasteiger partial charge < -0.3 is 10.1 Å². The molecule has 0 aliphatic rings. The van der Waals surface area contributed by atoms with Crippen LogP contribution in [-0.4, -0.2) is 6.61 Å². The molecule has 2 aromatic rings. The summed E-state index contributed by atoms with van der Waals surface area (Å²) >= 11 is 3.28. The third-order valence-electron chi connectivity index (χ3n) is 2.58. The largest absolute Gasteiger partial charge is 0.494 e. The van der Waals surface area contributed by atoms with Gasteiger partial charge in [0.25, 0.3) is 0 Å². The molecule has 4 heteroatoms. The van der Waals surface area contributed by atoms with E-state index < -0.39 is 0 Å². The van der Waals surface area contributed by atoms with E-state index in [0.29, 0.717) is 13.2 Å². The molecule has 0 fully saturated rings. The maximum absolute atomic E-state index is 13.2. The first-order chi connectivity index (χ1) is 9.17. The van der Waals surface area contributed by atoms with Crippen molar-refractivity contribution in [2.75, 3.05) is 11.9 Å². The lowest BCUT2D eigenvalue weighted by atomic mass is 10.2. The van der Waals surface area contributed by atoms with Crippen molar-refractivity contribution in [1.29, 1.82) is 0 Å². The molecule has 1 N–H and O–H groups in total. The molecule has 0 atom stereocenters. The highest BCUT2D eigenvalue weighted by molar-refractivity contribution is 9.10. The summed E-state index contributed by atoms with van der Waals surface area (Å²) in [4.78, 5) is 0. The Morgan fingerprint density at radius 3 is 2.53 bits per heavy atom. The molecule has 0 saturated carbocycles. The molecule has 0 aliphatic carbocycles. The zero-order valence-electron chi connectivity index (χ0n) is 10.6. The molecular weight excluding hydrogens is 309 g/mol. The normalized spacial score (nSPS) is 10.3. The van der Waals surface area contributed by atoms with E-state index in [1.165, 1.54) is 12.1 Å². The number of hydrogen-bond donors (Lipinski definition) is 1. The zero-order valence-corrected chi connectivity index (χ0v) is 12.2. The van der Waals surface area contributed by atoms with E-state index in [9.17, 15) is 4.39 Å². The Hall–Kier alpha value is -1.55. The zero-order chi connectivity index (χ0) is 13.7. The molecule has 0 radical (unpaired) electrons. The van der Waals surface area contributed by atoms with Crippen LogP contribution in [0.4, 0.5) is 10.1 Å². The molecule has 100 valence electrons. The highest BCUT2D eigenvalue weighted by Gasteiger charge is 2.00. The average Bonchev–Trinajstić information content (AvgIpc) is 2.37. The van der Waals surface area contributed by atoms with Gasteiger partial charge in [-0.05, 0) is 55.0 Å². The van der Waals surface area contributed by atoms with Crippen molar-refractivity contribution in [2.24, 2.45) is 0 Å². The molecule has 0 aliphatic heterocycles. The first kappa shape index (κ1) is 13.9. The molecule has 0 spiro atoms. The second-order valence-electron chi connectivity index (χ2n) is 4.09. The molecule has 2 rings (SSSR count). The minimum Gasteiger partial charge on any atom is -0.494 e. The number of hydrogen-bond acceptors (Lipinski definition) is 2. The van der Waals surface area contributed by atoms with Crippen LogP contribution in [0, 0.1) is 5.82 Å². The number of benzene rings is 2. The van der Waals surface area contributed by atoms with Crippen molar-refractivity contribution < 1.29 is 9.13 Å². The van der Waals surface area contributed by atoms with Gasteiger partial charge in [-0.1, -0.05) is 15.9 Å². The summed E-state index contributed by atoms with van der Waals surface area (Å²) in [6.07, 6.45) is 0. The average molecular weight is 324 g/mol. The lowest BCUT2D eigenvalue weighted by molar-refractivity contribution is 0.340. The Labute approximate surface area is 120 Å². The van der Waals surface area contributed by atoms with Crippen LogP contribution >= 0.6 is 15.9 Å². The van der Waals surface area contributed by atoms with E-state index >= 15 is 0 Å². The van der Waals surface area contributed by atoms with Crippen LogP contribution in [0.3, 0.4) is 0 Å². The summed E-state index contributed by atoms with van der Waals surface area (Å²) in [6.45, 7) is 3.18. The van der Waals surface area contributed by atoms with Gasteiger partial charge in [-0.3, -0.25) is 0 Å². The summed E-state index contributed by atoms with van der Waals surface area (Å²) in [5, 5.41) is 3.24. The smallest absolute Gasteiger partial charge is 0.124 e. The third kappa shape index (κ3) is 4.24. The van der Waals surface area contributed by atoms with Gasteiger partial charge in [0.2, 0.25) is 0 Å². The fourth-order valence-electron chi connectivity index (χ4n) is 1.75. The van der Waals surface area contributed by atoms with Gasteiger partial charge >= 0.3 is 0 Å². The first-order valence-electron chi connectivity index (χ1n) is 6.09. The van der Waals surface area contributed by atoms with E-state index in [0.717, 1.165) is 21.5 Å². The van der Waals surface area contributed by atoms with Crippen molar-refractivity contribution in [2.45, 2.75) is 13.5 Å². The fraction of sp³-hybridized carbons (Fsp3) is 0.200. The van der Waals surface area contributed by atoms with E-state index in [2.05, 4.69) is 21.2 Å². The lowest BCUT2D eigenvalue weighted by Crippen LogP contribution is -2.00. The molecule has 0 bridgehead atoms. The van der Waals surface area contributed by atoms with Crippen LogP contribution < -0.4 is 10.1 Å². The maximum atomic E-state index is 13.2. The number of halogens is 2. The van der Waals surface area contributed by atoms with E-state index in [1.807, 2.05) is 37.3 Å². The van der Waals surface area contributed by atoms with Gasteiger partial charge in [-0.2, -0.15) is 0 Å². The van der Waals surface area contributed by atoms with Crippen molar-refractivity contribution in [1.82, 2.24) is 0 Å². The number of anilines is 1. The third-order valence-corrected chi connectivity index (χ3v) is 3.04. The molecule has 0 saturated heterocycles. The van der Waals surface area contributed by atoms with Crippen molar-refractivity contribution in [3.8, 4) is 5.75 Å². The molecule has 0 amide bonds. The molecular formula is C15H15BrFNO. The molecule has 19 heavy (non-hydrogen) atoms. The molecule has 2 nitrogen and oxygen atoms in total. The maximum Gasteiger partial charge on any atom is 0.124 e. The van der Waals surface area contributed by atoms with Crippen molar-refractivity contribution in [3.63, 3.8) is 0 Å². The van der Waals surface area contributed by atoms with Gasteiger partial charge in [-0.25, -0.2) is 4.39 Å². The minimum absolute atomic E-state index is 0.238. The Morgan fingerprint density at radius 1 is 1.16 bits per heavy atom. The second kappa shape index (κ2) is 6.57. The van der Waals surface area contributed by atoms with E-state index in [-0.39, 0.29) is 5.82 Å². The highest BCUT2D eigenvalue weighted by atomic mass is 79.9. The van der Waals surface area contributed by atoms with Gasteiger partial charge in [0.15, 0.2) is 0 Å². The molecule has 0 aromatic heterocycles. The van der Waals surface area contributed by atoms with Crippen LogP contribution in [0.25, 0.3) is 0 Å². The number of nitrogens with one attached hydrogen (secondary N) is 1. The fourth-order valence-corrected chi connectivity index (χ4v) is 2.27. The van der Waals surface area contributed by atoms with Gasteiger partial charge in [0, 0.05) is 16.7 Å². The van der Waals surface area contributed by atoms with Gasteiger partial charge in [-0.15, -0.1) is 0 Å². The molecule has 0 heterocycles. The van der Waals surface area contributed by atoms with Crippen LogP contribution in [0.2, 0.25) is 0 Å². The predicted molar refractivity (Wildman–Crippen MR) is 79.0 cm³/mol. The number of ether oxygens (including phenoxy) is 1. The number of rotatable bonds is 5. The van der Waals surface area contributed by atoms with Crippen LogP contribution in [-0.2, 0) is 6.54 Å². The Morgan fingerprint density at radius 2 is 1.89 bits per heavy atom. The second-order valence-corrected chi connectivity index (χ2v) is 5.00. The summed E-state index contributed by atoms with van der Waals surface area (Å²) < 4.78 is 19.3. The van der Waals surface area contributed by atoms with Crippen LogP contribution in [0.1, 0.15) is 12.5 Å². The Bertz CT molecular complexity index is 522. The highest BCUT2D eigenvalue weighted by Crippen LogP contribution is 2.18. The van der Waals surface area contributed by atoms with Crippen molar-refractivity contribution in [3.05, 3.63) is 58.3 Å². The van der Waals surface area contributed by atoms with Crippen LogP contribution in [0.15, 0.2) is 46.9 Å². The SMILES string of the molecule is CCOc1ccc(NCc2cc(F)cc(Br)c2)cc1. The summed E-state index contributed by atoms with van der Waals surface area (Å²) in [7, 11) is 0. The van der Waals surface area contributed by atoms with Crippen LogP contribution in [0.5, 0.6) is 5.75 Å². The Balaban J connectivity index is 1.98. The van der Waals surface area contributed by atoms with E-state index in [4.69, 9.17) is 4.74 Å². The molecule has 2 aromatic carbocycles. The standard InChI is InChI=1S/C15H15BrFNO/c1-2-19-15-5-3-14(4-6-15)18-10-11-7-12(16)9-13(17)8-11/h3-9,18H,2,10H2,1H3. The Kier molecular flexibility index (Phi) is 4.80. The minimum atomic E-state index is -0.238. The van der Waals surface area contributed by atoms with E-state index in [1.54, 1.807) is 0 Å². The van der Waals surface area contributed by atoms with Gasteiger partial charge in [0.1, 0.15) is 11.6 Å². The van der Waals surface area contributed by atoms with Gasteiger partial charge in [0.05, 0.1) is 6.61 Å². The first-order valence-corrected chi connectivity index (χ1v) is 6.88. The topological polar surface area (TPSA) is 21.3 Å². The molecule has 0 unspecified atom stereocenters. The quantitative estimate of drug-likeness (QED) is 0.868. The van der Waals surface area contributed by atoms with Crippen molar-refractivity contribution >= 4 is 21.6 Å². The predicted octanol–water partition coefficient (Wildman–Crippen LogP) is 4.60. The summed E-state index contributed by atoms with van der Waals surface area (Å²) in [5.41, 5.74) is 1.87.